The molecule has 0 amide bonds. The Morgan fingerprint density at radius 1 is 0.889 bits per heavy atom. The SMILES string of the molecule is CC(Cc1ccc2c(c1)OC(c1ccccc1)(c1ccccc1)O2)C(=O)O. The van der Waals surface area contributed by atoms with Crippen molar-refractivity contribution < 1.29 is 19.4 Å². The molecule has 3 aromatic rings. The molecule has 0 aromatic heterocycles. The highest BCUT2D eigenvalue weighted by molar-refractivity contribution is 5.70. The Hall–Kier alpha value is -3.27. The third-order valence-electron chi connectivity index (χ3n) is 4.79. The van der Waals surface area contributed by atoms with E-state index in [0.29, 0.717) is 17.9 Å². The van der Waals surface area contributed by atoms with Crippen LogP contribution in [0.15, 0.2) is 78.9 Å². The van der Waals surface area contributed by atoms with Gasteiger partial charge in [-0.05, 0) is 24.1 Å². The molecule has 4 heteroatoms. The van der Waals surface area contributed by atoms with E-state index in [9.17, 15) is 4.79 Å². The van der Waals surface area contributed by atoms with Gasteiger partial charge in [-0.25, -0.2) is 0 Å². The molecule has 3 aromatic carbocycles. The first-order valence-electron chi connectivity index (χ1n) is 8.93. The van der Waals surface area contributed by atoms with E-state index in [1.54, 1.807) is 6.92 Å². The Balaban J connectivity index is 1.74. The summed E-state index contributed by atoms with van der Waals surface area (Å²) in [5.41, 5.74) is 2.70. The number of carboxylic acids is 1. The number of carboxylic acid groups (broad SMARTS) is 1. The lowest BCUT2D eigenvalue weighted by atomic mass is 9.97. The highest BCUT2D eigenvalue weighted by Gasteiger charge is 2.45. The number of benzene rings is 3. The van der Waals surface area contributed by atoms with Gasteiger partial charge in [-0.15, -0.1) is 0 Å². The van der Waals surface area contributed by atoms with Crippen molar-refractivity contribution in [2.45, 2.75) is 19.1 Å². The average Bonchev–Trinajstić information content (AvgIpc) is 3.09. The van der Waals surface area contributed by atoms with Gasteiger partial charge in [-0.3, -0.25) is 4.79 Å². The third kappa shape index (κ3) is 3.14. The smallest absolute Gasteiger partial charge is 0.306 e. The van der Waals surface area contributed by atoms with Crippen LogP contribution in [0.3, 0.4) is 0 Å². The molecule has 0 aliphatic carbocycles. The molecule has 4 rings (SSSR count). The van der Waals surface area contributed by atoms with Crippen LogP contribution in [0.4, 0.5) is 0 Å². The van der Waals surface area contributed by atoms with Gasteiger partial charge in [0, 0.05) is 11.1 Å². The van der Waals surface area contributed by atoms with Crippen LogP contribution in [-0.2, 0) is 17.0 Å². The van der Waals surface area contributed by atoms with Gasteiger partial charge >= 0.3 is 11.8 Å². The minimum Gasteiger partial charge on any atom is -0.481 e. The summed E-state index contributed by atoms with van der Waals surface area (Å²) >= 11 is 0. The van der Waals surface area contributed by atoms with Crippen LogP contribution < -0.4 is 9.47 Å². The zero-order valence-electron chi connectivity index (χ0n) is 15.0. The van der Waals surface area contributed by atoms with Crippen LogP contribution in [0.25, 0.3) is 0 Å². The molecule has 0 bridgehead atoms. The van der Waals surface area contributed by atoms with E-state index in [2.05, 4.69) is 0 Å². The monoisotopic (exact) mass is 360 g/mol. The van der Waals surface area contributed by atoms with Crippen molar-refractivity contribution in [2.75, 3.05) is 0 Å². The summed E-state index contributed by atoms with van der Waals surface area (Å²) in [4.78, 5) is 11.2. The molecule has 1 aliphatic rings. The van der Waals surface area contributed by atoms with E-state index in [1.165, 1.54) is 0 Å². The maximum absolute atomic E-state index is 11.2. The third-order valence-corrected chi connectivity index (χ3v) is 4.79. The topological polar surface area (TPSA) is 55.8 Å². The second-order valence-electron chi connectivity index (χ2n) is 6.78. The molecule has 0 fully saturated rings. The number of hydrogen-bond donors (Lipinski definition) is 1. The Morgan fingerprint density at radius 3 is 2.00 bits per heavy atom. The summed E-state index contributed by atoms with van der Waals surface area (Å²) in [6.07, 6.45) is 0.440. The number of aliphatic carboxylic acids is 1. The fraction of sp³-hybridized carbons (Fsp3) is 0.174. The minimum absolute atomic E-state index is 0.440. The molecular weight excluding hydrogens is 340 g/mol. The molecule has 1 unspecified atom stereocenters. The quantitative estimate of drug-likeness (QED) is 0.721. The molecule has 1 N–H and O–H groups in total. The summed E-state index contributed by atoms with van der Waals surface area (Å²) in [6.45, 7) is 1.70. The van der Waals surface area contributed by atoms with Gasteiger partial charge in [0.05, 0.1) is 5.92 Å². The summed E-state index contributed by atoms with van der Waals surface area (Å²) in [7, 11) is 0. The van der Waals surface area contributed by atoms with Gasteiger partial charge < -0.3 is 14.6 Å². The van der Waals surface area contributed by atoms with E-state index in [1.807, 2.05) is 78.9 Å². The zero-order chi connectivity index (χ0) is 18.9. The maximum Gasteiger partial charge on any atom is 0.306 e. The standard InChI is InChI=1S/C23H20O4/c1-16(22(24)25)14-17-12-13-20-21(15-17)27-23(26-20,18-8-4-2-5-9-18)19-10-6-3-7-11-19/h2-13,15-16H,14H2,1H3,(H,24,25). The van der Waals surface area contributed by atoms with Crippen LogP contribution in [0, 0.1) is 5.92 Å². The highest BCUT2D eigenvalue weighted by atomic mass is 16.7. The van der Waals surface area contributed by atoms with Gasteiger partial charge in [0.25, 0.3) is 0 Å². The normalized spacial score (nSPS) is 15.3. The van der Waals surface area contributed by atoms with Crippen molar-refractivity contribution in [2.24, 2.45) is 5.92 Å². The summed E-state index contributed by atoms with van der Waals surface area (Å²) in [5, 5.41) is 9.16. The van der Waals surface area contributed by atoms with E-state index in [0.717, 1.165) is 16.7 Å². The van der Waals surface area contributed by atoms with Gasteiger partial charge in [-0.1, -0.05) is 73.7 Å². The van der Waals surface area contributed by atoms with E-state index >= 15 is 0 Å². The molecule has 1 aliphatic heterocycles. The lowest BCUT2D eigenvalue weighted by Crippen LogP contribution is -2.36. The molecule has 4 nitrogen and oxygen atoms in total. The van der Waals surface area contributed by atoms with Gasteiger partial charge in [0.15, 0.2) is 11.5 Å². The average molecular weight is 360 g/mol. The fourth-order valence-corrected chi connectivity index (χ4v) is 3.33. The summed E-state index contributed by atoms with van der Waals surface area (Å²) < 4.78 is 12.7. The summed E-state index contributed by atoms with van der Waals surface area (Å²) in [6, 6.07) is 25.3. The molecule has 1 atom stereocenters. The van der Waals surface area contributed by atoms with Crippen LogP contribution in [0.5, 0.6) is 11.5 Å². The first-order chi connectivity index (χ1) is 13.1. The predicted molar refractivity (Wildman–Crippen MR) is 102 cm³/mol. The van der Waals surface area contributed by atoms with E-state index < -0.39 is 17.7 Å². The Labute approximate surface area is 158 Å². The molecule has 0 saturated carbocycles. The maximum atomic E-state index is 11.2. The van der Waals surface area contributed by atoms with Crippen molar-refractivity contribution in [3.8, 4) is 11.5 Å². The van der Waals surface area contributed by atoms with E-state index in [4.69, 9.17) is 14.6 Å². The molecule has 0 radical (unpaired) electrons. The molecule has 0 spiro atoms. The largest absolute Gasteiger partial charge is 0.481 e. The molecule has 1 heterocycles. The zero-order valence-corrected chi connectivity index (χ0v) is 15.0. The molecule has 27 heavy (non-hydrogen) atoms. The minimum atomic E-state index is -1.05. The van der Waals surface area contributed by atoms with Gasteiger partial charge in [-0.2, -0.15) is 0 Å². The van der Waals surface area contributed by atoms with Crippen molar-refractivity contribution in [3.05, 3.63) is 95.6 Å². The predicted octanol–water partition coefficient (Wildman–Crippen LogP) is 4.62. The number of hydrogen-bond acceptors (Lipinski definition) is 3. The second-order valence-corrected chi connectivity index (χ2v) is 6.78. The van der Waals surface area contributed by atoms with Crippen molar-refractivity contribution >= 4 is 5.97 Å². The Bertz CT molecular complexity index is 911. The van der Waals surface area contributed by atoms with Gasteiger partial charge in [0.2, 0.25) is 0 Å². The first-order valence-corrected chi connectivity index (χ1v) is 8.93. The summed E-state index contributed by atoms with van der Waals surface area (Å²) in [5.74, 6) is -1.05. The Kier molecular flexibility index (Phi) is 4.32. The number of carbonyl (C=O) groups is 1. The van der Waals surface area contributed by atoms with Crippen LogP contribution in [-0.4, -0.2) is 11.1 Å². The van der Waals surface area contributed by atoms with Crippen molar-refractivity contribution in [3.63, 3.8) is 0 Å². The Morgan fingerprint density at radius 2 is 1.44 bits per heavy atom. The van der Waals surface area contributed by atoms with Crippen LogP contribution >= 0.6 is 0 Å². The number of rotatable bonds is 5. The van der Waals surface area contributed by atoms with Crippen LogP contribution in [0.1, 0.15) is 23.6 Å². The lowest BCUT2D eigenvalue weighted by Gasteiger charge is -2.28. The lowest BCUT2D eigenvalue weighted by molar-refractivity contribution is -0.141. The number of fused-ring (bicyclic) bond motifs is 1. The molecule has 136 valence electrons. The second kappa shape index (κ2) is 6.80. The number of ether oxygens (including phenoxy) is 2. The molecule has 0 saturated heterocycles. The van der Waals surface area contributed by atoms with E-state index in [-0.39, 0.29) is 0 Å². The molecular formula is C23H20O4. The van der Waals surface area contributed by atoms with Gasteiger partial charge in [0.1, 0.15) is 0 Å². The van der Waals surface area contributed by atoms with Crippen LogP contribution in [0.2, 0.25) is 0 Å². The van der Waals surface area contributed by atoms with Crippen molar-refractivity contribution in [1.29, 1.82) is 0 Å². The fourth-order valence-electron chi connectivity index (χ4n) is 3.33. The van der Waals surface area contributed by atoms with Crippen molar-refractivity contribution in [1.82, 2.24) is 0 Å². The first kappa shape index (κ1) is 17.2. The highest BCUT2D eigenvalue weighted by Crippen LogP contribution is 2.48.